The Kier molecular flexibility index (Phi) is 6.52. The number of carbonyl (C=O) groups excluding carboxylic acids is 1. The number of nitrogens with one attached hydrogen (secondary N) is 1. The zero-order chi connectivity index (χ0) is 24.4. The summed E-state index contributed by atoms with van der Waals surface area (Å²) in [5, 5.41) is 8.09. The van der Waals surface area contributed by atoms with E-state index in [0.717, 1.165) is 52.1 Å². The minimum atomic E-state index is 0.0105. The van der Waals surface area contributed by atoms with Crippen molar-refractivity contribution in [1.82, 2.24) is 14.9 Å². The lowest BCUT2D eigenvalue weighted by atomic mass is 9.87. The molecule has 11 heteroatoms. The molecule has 5 rings (SSSR count). The molecule has 2 aromatic heterocycles. The lowest BCUT2D eigenvalue weighted by Gasteiger charge is -2.24. The monoisotopic (exact) mass is 490 g/mol. The number of rotatable bonds is 8. The molecule has 1 atom stereocenters. The Morgan fingerprint density at radius 2 is 2.26 bits per heavy atom. The van der Waals surface area contributed by atoms with Gasteiger partial charge in [0.15, 0.2) is 0 Å². The molecule has 2 aliphatic rings. The molecule has 35 heavy (non-hydrogen) atoms. The van der Waals surface area contributed by atoms with Gasteiger partial charge in [0.05, 0.1) is 24.2 Å². The summed E-state index contributed by atoms with van der Waals surface area (Å²) in [5.41, 5.74) is 12.7. The molecule has 0 bridgehead atoms. The number of carbonyl (C=O) groups is 1. The molecule has 0 fully saturated rings. The normalized spacial score (nSPS) is 15.9. The minimum Gasteiger partial charge on any atom is -0.491 e. The maximum absolute atomic E-state index is 12.5. The number of aryl methyl sites for hydroxylation is 1. The number of amides is 1. The average Bonchev–Trinajstić information content (AvgIpc) is 3.47. The summed E-state index contributed by atoms with van der Waals surface area (Å²) >= 11 is 1.65. The fourth-order valence-electron chi connectivity index (χ4n) is 4.63. The van der Waals surface area contributed by atoms with Crippen LogP contribution in [-0.2, 0) is 24.2 Å². The Labute approximate surface area is 206 Å². The maximum Gasteiger partial charge on any atom is 0.225 e. The van der Waals surface area contributed by atoms with E-state index < -0.39 is 0 Å². The van der Waals surface area contributed by atoms with Gasteiger partial charge in [0.25, 0.3) is 0 Å². The van der Waals surface area contributed by atoms with E-state index >= 15 is 0 Å². The SMILES string of the molecule is CN(C)C(=O)[C@H]1CCc2c(sc3ncnc(Nc4cc5c(cc4OCCCN=[N+]=[N-])CN=C5)c23)C1. The van der Waals surface area contributed by atoms with Crippen molar-refractivity contribution in [2.45, 2.75) is 32.2 Å². The molecule has 1 aliphatic heterocycles. The maximum atomic E-state index is 12.5. The van der Waals surface area contributed by atoms with E-state index in [4.69, 9.17) is 10.3 Å². The molecule has 0 radical (unpaired) electrons. The van der Waals surface area contributed by atoms with Crippen LogP contribution in [0.1, 0.15) is 34.4 Å². The van der Waals surface area contributed by atoms with E-state index in [1.54, 1.807) is 22.6 Å². The van der Waals surface area contributed by atoms with E-state index in [-0.39, 0.29) is 11.8 Å². The number of fused-ring (bicyclic) bond motifs is 4. The molecule has 0 saturated carbocycles. The molecule has 1 amide bonds. The van der Waals surface area contributed by atoms with Gasteiger partial charge in [-0.1, -0.05) is 5.11 Å². The third-order valence-corrected chi connectivity index (χ3v) is 7.51. The molecule has 180 valence electrons. The van der Waals surface area contributed by atoms with Crippen LogP contribution in [-0.4, -0.2) is 54.2 Å². The lowest BCUT2D eigenvalue weighted by molar-refractivity contribution is -0.133. The first-order chi connectivity index (χ1) is 17.0. The first kappa shape index (κ1) is 23.1. The second-order valence-corrected chi connectivity index (χ2v) is 9.96. The van der Waals surface area contributed by atoms with Crippen LogP contribution in [0.4, 0.5) is 11.5 Å². The summed E-state index contributed by atoms with van der Waals surface area (Å²) in [4.78, 5) is 32.6. The fourth-order valence-corrected chi connectivity index (χ4v) is 5.89. The van der Waals surface area contributed by atoms with Gasteiger partial charge in [0, 0.05) is 42.6 Å². The zero-order valence-electron chi connectivity index (χ0n) is 19.7. The van der Waals surface area contributed by atoms with E-state index in [0.29, 0.717) is 31.9 Å². The van der Waals surface area contributed by atoms with Crippen molar-refractivity contribution in [3.8, 4) is 5.75 Å². The average molecular weight is 491 g/mol. The van der Waals surface area contributed by atoms with Crippen molar-refractivity contribution in [1.29, 1.82) is 0 Å². The summed E-state index contributed by atoms with van der Waals surface area (Å²) in [5.74, 6) is 1.64. The van der Waals surface area contributed by atoms with Gasteiger partial charge in [0.2, 0.25) is 5.91 Å². The predicted octanol–water partition coefficient (Wildman–Crippen LogP) is 4.64. The Balaban J connectivity index is 1.45. The van der Waals surface area contributed by atoms with E-state index in [1.165, 1.54) is 10.4 Å². The third kappa shape index (κ3) is 4.65. The van der Waals surface area contributed by atoms with Crippen molar-refractivity contribution in [2.24, 2.45) is 16.0 Å². The Hall–Kier alpha value is -3.69. The van der Waals surface area contributed by atoms with E-state index in [2.05, 4.69) is 30.3 Å². The summed E-state index contributed by atoms with van der Waals surface area (Å²) in [6.07, 6.45) is 6.45. The first-order valence-corrected chi connectivity index (χ1v) is 12.4. The number of azide groups is 1. The Morgan fingerprint density at radius 1 is 1.37 bits per heavy atom. The smallest absolute Gasteiger partial charge is 0.225 e. The van der Waals surface area contributed by atoms with Gasteiger partial charge in [-0.25, -0.2) is 9.97 Å². The van der Waals surface area contributed by atoms with Crippen LogP contribution < -0.4 is 10.1 Å². The van der Waals surface area contributed by atoms with Crippen molar-refractivity contribution in [3.63, 3.8) is 0 Å². The number of benzene rings is 1. The molecular formula is C24H26N8O2S. The number of hydrogen-bond donors (Lipinski definition) is 1. The summed E-state index contributed by atoms with van der Waals surface area (Å²) in [6, 6.07) is 4.05. The number of aromatic nitrogens is 2. The first-order valence-electron chi connectivity index (χ1n) is 11.6. The molecule has 0 unspecified atom stereocenters. The van der Waals surface area contributed by atoms with Gasteiger partial charge < -0.3 is 15.0 Å². The zero-order valence-corrected chi connectivity index (χ0v) is 20.5. The van der Waals surface area contributed by atoms with Crippen LogP contribution in [0.25, 0.3) is 20.7 Å². The highest BCUT2D eigenvalue weighted by atomic mass is 32.1. The lowest BCUT2D eigenvalue weighted by Crippen LogP contribution is -2.32. The number of ether oxygens (including phenoxy) is 1. The van der Waals surface area contributed by atoms with Gasteiger partial charge in [-0.3, -0.25) is 9.79 Å². The molecule has 0 spiro atoms. The predicted molar refractivity (Wildman–Crippen MR) is 137 cm³/mol. The van der Waals surface area contributed by atoms with Crippen molar-refractivity contribution in [2.75, 3.05) is 32.6 Å². The number of aliphatic imine (C=N–C) groups is 1. The molecular weight excluding hydrogens is 464 g/mol. The molecule has 0 saturated heterocycles. The topological polar surface area (TPSA) is 128 Å². The molecule has 3 heterocycles. The minimum absolute atomic E-state index is 0.0105. The summed E-state index contributed by atoms with van der Waals surface area (Å²) < 4.78 is 6.07. The number of anilines is 2. The summed E-state index contributed by atoms with van der Waals surface area (Å²) in [7, 11) is 3.63. The Morgan fingerprint density at radius 3 is 3.09 bits per heavy atom. The van der Waals surface area contributed by atoms with Gasteiger partial charge in [-0.05, 0) is 60.0 Å². The molecule has 1 aromatic carbocycles. The van der Waals surface area contributed by atoms with Gasteiger partial charge in [0.1, 0.15) is 22.7 Å². The van der Waals surface area contributed by atoms with Crippen LogP contribution in [0, 0.1) is 5.92 Å². The van der Waals surface area contributed by atoms with Crippen molar-refractivity contribution >= 4 is 45.2 Å². The largest absolute Gasteiger partial charge is 0.491 e. The van der Waals surface area contributed by atoms with Crippen molar-refractivity contribution < 1.29 is 9.53 Å². The molecule has 1 N–H and O–H groups in total. The number of thiophene rings is 1. The molecule has 10 nitrogen and oxygen atoms in total. The second-order valence-electron chi connectivity index (χ2n) is 8.88. The van der Waals surface area contributed by atoms with Crippen LogP contribution in [0.5, 0.6) is 5.75 Å². The number of nitrogens with zero attached hydrogens (tertiary/aromatic N) is 7. The third-order valence-electron chi connectivity index (χ3n) is 6.35. The Bertz CT molecular complexity index is 1360. The van der Waals surface area contributed by atoms with Crippen LogP contribution in [0.3, 0.4) is 0 Å². The van der Waals surface area contributed by atoms with Crippen LogP contribution >= 0.6 is 11.3 Å². The van der Waals surface area contributed by atoms with Crippen LogP contribution in [0.15, 0.2) is 28.6 Å². The fraction of sp³-hybridized carbons (Fsp3) is 0.417. The standard InChI is InChI=1S/C24H26N8O2S/c1-32(2)24(33)14-4-5-17-20(10-14)35-23-21(17)22(27-13-28-23)30-18-8-15-11-26-12-16(15)9-19(18)34-7-3-6-29-31-25/h8-9,11,13-14H,3-7,10,12H2,1-2H3,(H,27,28,30)/t14-/m0/s1. The van der Waals surface area contributed by atoms with E-state index in [1.807, 2.05) is 32.4 Å². The summed E-state index contributed by atoms with van der Waals surface area (Å²) in [6.45, 7) is 1.45. The van der Waals surface area contributed by atoms with Crippen molar-refractivity contribution in [3.05, 3.63) is 50.5 Å². The van der Waals surface area contributed by atoms with Gasteiger partial charge in [-0.15, -0.1) is 11.3 Å². The second kappa shape index (κ2) is 9.89. The van der Waals surface area contributed by atoms with Crippen LogP contribution in [0.2, 0.25) is 0 Å². The van der Waals surface area contributed by atoms with Gasteiger partial charge in [-0.2, -0.15) is 0 Å². The molecule has 3 aromatic rings. The highest BCUT2D eigenvalue weighted by Crippen LogP contribution is 2.42. The molecule has 1 aliphatic carbocycles. The highest BCUT2D eigenvalue weighted by Gasteiger charge is 2.30. The van der Waals surface area contributed by atoms with Gasteiger partial charge >= 0.3 is 0 Å². The highest BCUT2D eigenvalue weighted by molar-refractivity contribution is 7.19. The quantitative estimate of drug-likeness (QED) is 0.213. The number of hydrogen-bond acceptors (Lipinski definition) is 8. The van der Waals surface area contributed by atoms with E-state index in [9.17, 15) is 4.79 Å².